The van der Waals surface area contributed by atoms with Gasteiger partial charge in [0.05, 0.1) is 6.04 Å². The summed E-state index contributed by atoms with van der Waals surface area (Å²) in [7, 11) is 3.25. The zero-order valence-corrected chi connectivity index (χ0v) is 9.04. The first kappa shape index (κ1) is 12.8. The zero-order chi connectivity index (χ0) is 10.3. The average Bonchev–Trinajstić information content (AvgIpc) is 2.18. The first-order chi connectivity index (χ1) is 6.24. The number of hydrogen-bond donors (Lipinski definition) is 2. The van der Waals surface area contributed by atoms with Crippen molar-refractivity contribution in [2.75, 3.05) is 14.2 Å². The lowest BCUT2D eigenvalue weighted by Crippen LogP contribution is -2.50. The summed E-state index contributed by atoms with van der Waals surface area (Å²) >= 11 is 0. The Hall–Kier alpha value is -0.160. The lowest BCUT2D eigenvalue weighted by Gasteiger charge is -2.30. The normalized spacial score (nSPS) is 14.1. The van der Waals surface area contributed by atoms with Gasteiger partial charge >= 0.3 is 0 Å². The van der Waals surface area contributed by atoms with E-state index < -0.39 is 0 Å². The monoisotopic (exact) mass is 190 g/mol. The van der Waals surface area contributed by atoms with Crippen LogP contribution < -0.4 is 11.3 Å². The summed E-state index contributed by atoms with van der Waals surface area (Å²) in [6.07, 6.45) is 1.86. The van der Waals surface area contributed by atoms with E-state index in [1.165, 1.54) is 0 Å². The summed E-state index contributed by atoms with van der Waals surface area (Å²) in [6, 6.07) is 0.0602. The molecule has 1 atom stereocenters. The van der Waals surface area contributed by atoms with Gasteiger partial charge in [-0.2, -0.15) is 0 Å². The third-order valence-electron chi connectivity index (χ3n) is 2.51. The smallest absolute Gasteiger partial charge is 0.173 e. The molecule has 0 fully saturated rings. The highest BCUT2D eigenvalue weighted by atomic mass is 16.7. The van der Waals surface area contributed by atoms with E-state index in [4.69, 9.17) is 15.3 Å². The molecule has 0 heterocycles. The molecule has 0 rings (SSSR count). The van der Waals surface area contributed by atoms with Crippen LogP contribution in [0.3, 0.4) is 0 Å². The maximum absolute atomic E-state index is 5.47. The zero-order valence-electron chi connectivity index (χ0n) is 9.04. The quantitative estimate of drug-likeness (QED) is 0.355. The highest BCUT2D eigenvalue weighted by Crippen LogP contribution is 2.17. The maximum atomic E-state index is 5.47. The summed E-state index contributed by atoms with van der Waals surface area (Å²) in [4.78, 5) is 0. The summed E-state index contributed by atoms with van der Waals surface area (Å²) in [5.74, 6) is 5.95. The minimum atomic E-state index is -0.269. The van der Waals surface area contributed by atoms with Gasteiger partial charge in [0.15, 0.2) is 6.29 Å². The van der Waals surface area contributed by atoms with E-state index in [0.29, 0.717) is 5.92 Å². The second-order valence-corrected chi connectivity index (χ2v) is 3.11. The number of nitrogens with two attached hydrogens (primary N) is 1. The van der Waals surface area contributed by atoms with Crippen LogP contribution in [-0.2, 0) is 9.47 Å². The first-order valence-electron chi connectivity index (χ1n) is 4.76. The van der Waals surface area contributed by atoms with Gasteiger partial charge in [-0.3, -0.25) is 11.3 Å². The SMILES string of the molecule is CCC(CC)C(NN)C(OC)OC. The predicted octanol–water partition coefficient (Wildman–Crippen LogP) is 0.873. The molecule has 0 bridgehead atoms. The first-order valence-corrected chi connectivity index (χ1v) is 4.76. The molecule has 4 nitrogen and oxygen atoms in total. The minimum absolute atomic E-state index is 0.0602. The van der Waals surface area contributed by atoms with Crippen LogP contribution in [0.2, 0.25) is 0 Å². The van der Waals surface area contributed by atoms with Crippen molar-refractivity contribution in [1.29, 1.82) is 0 Å². The van der Waals surface area contributed by atoms with Crippen molar-refractivity contribution in [1.82, 2.24) is 5.43 Å². The molecule has 0 aromatic heterocycles. The third kappa shape index (κ3) is 3.60. The fourth-order valence-corrected chi connectivity index (χ4v) is 1.62. The van der Waals surface area contributed by atoms with Crippen LogP contribution in [0.25, 0.3) is 0 Å². The Morgan fingerprint density at radius 1 is 1.15 bits per heavy atom. The van der Waals surface area contributed by atoms with Crippen LogP contribution >= 0.6 is 0 Å². The third-order valence-corrected chi connectivity index (χ3v) is 2.51. The van der Waals surface area contributed by atoms with Gasteiger partial charge in [0.2, 0.25) is 0 Å². The van der Waals surface area contributed by atoms with E-state index in [1.54, 1.807) is 14.2 Å². The molecule has 0 aliphatic rings. The Balaban J connectivity index is 4.26. The Morgan fingerprint density at radius 3 is 1.85 bits per heavy atom. The molecule has 0 aromatic rings. The molecule has 80 valence electrons. The Labute approximate surface area is 80.7 Å². The van der Waals surface area contributed by atoms with Crippen molar-refractivity contribution in [2.24, 2.45) is 11.8 Å². The van der Waals surface area contributed by atoms with Crippen molar-refractivity contribution >= 4 is 0 Å². The van der Waals surface area contributed by atoms with E-state index in [2.05, 4.69) is 19.3 Å². The van der Waals surface area contributed by atoms with Crippen LogP contribution in [-0.4, -0.2) is 26.6 Å². The number of nitrogens with one attached hydrogen (secondary N) is 1. The largest absolute Gasteiger partial charge is 0.354 e. The molecule has 0 spiro atoms. The lowest BCUT2D eigenvalue weighted by molar-refractivity contribution is -0.133. The van der Waals surface area contributed by atoms with Crippen LogP contribution in [0.1, 0.15) is 26.7 Å². The highest BCUT2D eigenvalue weighted by Gasteiger charge is 2.26. The molecule has 0 saturated carbocycles. The summed E-state index contributed by atoms with van der Waals surface area (Å²) in [5, 5.41) is 0. The molecule has 0 saturated heterocycles. The molecule has 13 heavy (non-hydrogen) atoms. The Bertz CT molecular complexity index is 102. The number of hydrogen-bond acceptors (Lipinski definition) is 4. The Morgan fingerprint density at radius 2 is 1.62 bits per heavy atom. The van der Waals surface area contributed by atoms with Crippen LogP contribution in [0.15, 0.2) is 0 Å². The number of ether oxygens (including phenoxy) is 2. The molecule has 0 radical (unpaired) electrons. The van der Waals surface area contributed by atoms with Gasteiger partial charge in [-0.1, -0.05) is 26.7 Å². The van der Waals surface area contributed by atoms with E-state index >= 15 is 0 Å². The fourth-order valence-electron chi connectivity index (χ4n) is 1.62. The van der Waals surface area contributed by atoms with Crippen LogP contribution in [0.4, 0.5) is 0 Å². The van der Waals surface area contributed by atoms with E-state index in [-0.39, 0.29) is 12.3 Å². The minimum Gasteiger partial charge on any atom is -0.354 e. The van der Waals surface area contributed by atoms with Crippen molar-refractivity contribution in [3.05, 3.63) is 0 Å². The second-order valence-electron chi connectivity index (χ2n) is 3.11. The average molecular weight is 190 g/mol. The number of methoxy groups -OCH3 is 2. The summed E-state index contributed by atoms with van der Waals surface area (Å²) < 4.78 is 10.3. The maximum Gasteiger partial charge on any atom is 0.173 e. The van der Waals surface area contributed by atoms with Crippen molar-refractivity contribution < 1.29 is 9.47 Å². The van der Waals surface area contributed by atoms with Gasteiger partial charge < -0.3 is 9.47 Å². The van der Waals surface area contributed by atoms with Gasteiger partial charge in [-0.25, -0.2) is 0 Å². The molecular weight excluding hydrogens is 168 g/mol. The molecule has 0 aliphatic heterocycles. The fraction of sp³-hybridized carbons (Fsp3) is 1.00. The summed E-state index contributed by atoms with van der Waals surface area (Å²) in [5.41, 5.74) is 2.76. The topological polar surface area (TPSA) is 56.5 Å². The van der Waals surface area contributed by atoms with Crippen LogP contribution in [0, 0.1) is 5.92 Å². The second kappa shape index (κ2) is 7.26. The van der Waals surface area contributed by atoms with E-state index in [9.17, 15) is 0 Å². The van der Waals surface area contributed by atoms with Crippen LogP contribution in [0.5, 0.6) is 0 Å². The molecule has 0 aromatic carbocycles. The molecule has 3 N–H and O–H groups in total. The predicted molar refractivity (Wildman–Crippen MR) is 53.0 cm³/mol. The van der Waals surface area contributed by atoms with Gasteiger partial charge in [0.25, 0.3) is 0 Å². The lowest BCUT2D eigenvalue weighted by atomic mass is 9.94. The summed E-state index contributed by atoms with van der Waals surface area (Å²) in [6.45, 7) is 4.28. The van der Waals surface area contributed by atoms with Gasteiger partial charge in [-0.15, -0.1) is 0 Å². The van der Waals surface area contributed by atoms with Gasteiger partial charge in [0, 0.05) is 14.2 Å². The number of rotatable bonds is 7. The molecule has 4 heteroatoms. The highest BCUT2D eigenvalue weighted by molar-refractivity contribution is 4.75. The molecule has 0 aliphatic carbocycles. The van der Waals surface area contributed by atoms with Crippen molar-refractivity contribution in [2.45, 2.75) is 39.0 Å². The molecule has 1 unspecified atom stereocenters. The van der Waals surface area contributed by atoms with E-state index in [0.717, 1.165) is 12.8 Å². The van der Waals surface area contributed by atoms with Gasteiger partial charge in [-0.05, 0) is 5.92 Å². The van der Waals surface area contributed by atoms with Crippen molar-refractivity contribution in [3.8, 4) is 0 Å². The molecule has 0 amide bonds. The van der Waals surface area contributed by atoms with Crippen molar-refractivity contribution in [3.63, 3.8) is 0 Å². The van der Waals surface area contributed by atoms with Gasteiger partial charge in [0.1, 0.15) is 0 Å². The Kier molecular flexibility index (Phi) is 7.17. The van der Waals surface area contributed by atoms with E-state index in [1.807, 2.05) is 0 Å². The number of hydrazine groups is 1. The standard InChI is InChI=1S/C9H22N2O2/c1-5-7(6-2)8(11-10)9(12-3)13-4/h7-9,11H,5-6,10H2,1-4H3. The molecular formula is C9H22N2O2.